The minimum atomic E-state index is -2.91. The second-order valence-electron chi connectivity index (χ2n) is 5.17. The molecule has 1 heterocycles. The summed E-state index contributed by atoms with van der Waals surface area (Å²) < 4.78 is 28.0. The summed E-state index contributed by atoms with van der Waals surface area (Å²) in [6.45, 7) is 2.68. The van der Waals surface area contributed by atoms with Crippen LogP contribution in [0.4, 0.5) is 8.78 Å². The van der Waals surface area contributed by atoms with E-state index in [0.717, 1.165) is 0 Å². The lowest BCUT2D eigenvalue weighted by atomic mass is 10.00. The van der Waals surface area contributed by atoms with Gasteiger partial charge in [-0.2, -0.15) is 0 Å². The number of terminal acetylenes is 1. The Balaban J connectivity index is 2.03. The Morgan fingerprint density at radius 1 is 1.48 bits per heavy atom. The van der Waals surface area contributed by atoms with E-state index >= 15 is 0 Å². The highest BCUT2D eigenvalue weighted by atomic mass is 19.3. The Kier molecular flexibility index (Phi) is 4.59. The third-order valence-electron chi connectivity index (χ3n) is 3.74. The summed E-state index contributed by atoms with van der Waals surface area (Å²) in [7, 11) is 0. The fourth-order valence-corrected chi connectivity index (χ4v) is 2.42. The molecule has 1 aliphatic rings. The molecular formula is C16H18F2N2O. The van der Waals surface area contributed by atoms with Crippen LogP contribution in [0.5, 0.6) is 0 Å². The predicted octanol–water partition coefficient (Wildman–Crippen LogP) is 2.13. The highest BCUT2D eigenvalue weighted by molar-refractivity contribution is 5.94. The maximum atomic E-state index is 14.0. The minimum absolute atomic E-state index is 0.245. The van der Waals surface area contributed by atoms with Gasteiger partial charge in [-0.25, -0.2) is 8.78 Å². The Morgan fingerprint density at radius 3 is 2.67 bits per heavy atom. The number of carbonyl (C=O) groups is 1. The fraction of sp³-hybridized carbons (Fsp3) is 0.438. The molecule has 21 heavy (non-hydrogen) atoms. The van der Waals surface area contributed by atoms with Gasteiger partial charge in [0.1, 0.15) is 0 Å². The number of hydrogen-bond donors (Lipinski definition) is 1. The van der Waals surface area contributed by atoms with Gasteiger partial charge in [0.05, 0.1) is 12.6 Å². The average Bonchev–Trinajstić information content (AvgIpc) is 2.48. The first kappa shape index (κ1) is 15.5. The van der Waals surface area contributed by atoms with E-state index in [1.54, 1.807) is 29.2 Å². The van der Waals surface area contributed by atoms with Gasteiger partial charge in [-0.1, -0.05) is 12.8 Å². The van der Waals surface area contributed by atoms with E-state index < -0.39 is 17.9 Å². The zero-order chi connectivity index (χ0) is 15.5. The summed E-state index contributed by atoms with van der Waals surface area (Å²) in [6.07, 6.45) is 5.48. The molecule has 1 aliphatic heterocycles. The zero-order valence-electron chi connectivity index (χ0n) is 11.9. The predicted molar refractivity (Wildman–Crippen MR) is 77.3 cm³/mol. The molecule has 1 amide bonds. The Morgan fingerprint density at radius 2 is 2.14 bits per heavy atom. The normalized spacial score (nSPS) is 21.5. The van der Waals surface area contributed by atoms with Gasteiger partial charge in [0.25, 0.3) is 11.8 Å². The molecule has 0 spiro atoms. The first-order valence-electron chi connectivity index (χ1n) is 6.94. The fourth-order valence-electron chi connectivity index (χ4n) is 2.42. The monoisotopic (exact) mass is 292 g/mol. The summed E-state index contributed by atoms with van der Waals surface area (Å²) in [4.78, 5) is 13.7. The number of rotatable bonds is 3. The van der Waals surface area contributed by atoms with Crippen molar-refractivity contribution in [1.82, 2.24) is 10.2 Å². The van der Waals surface area contributed by atoms with Crippen LogP contribution in [-0.2, 0) is 0 Å². The number of benzene rings is 1. The van der Waals surface area contributed by atoms with Gasteiger partial charge in [-0.3, -0.25) is 9.69 Å². The standard InChI is InChI=1S/C16H18F2N2O/c1-3-12-5-7-13(8-6-12)15(21)19-14-9-10-20(4-2)11-16(14,17)18/h1,5-8,14H,4,9-11H2,2H3,(H,19,21). The van der Waals surface area contributed by atoms with E-state index in [0.29, 0.717) is 24.2 Å². The lowest BCUT2D eigenvalue weighted by Crippen LogP contribution is -2.58. The molecule has 0 aliphatic carbocycles. The summed E-state index contributed by atoms with van der Waals surface area (Å²) in [5.74, 6) is -0.965. The van der Waals surface area contributed by atoms with E-state index in [-0.39, 0.29) is 13.0 Å². The van der Waals surface area contributed by atoms with Crippen molar-refractivity contribution in [3.63, 3.8) is 0 Å². The van der Waals surface area contributed by atoms with Crippen molar-refractivity contribution in [3.05, 3.63) is 35.4 Å². The zero-order valence-corrected chi connectivity index (χ0v) is 11.9. The molecule has 1 unspecified atom stereocenters. The number of hydrogen-bond acceptors (Lipinski definition) is 2. The summed E-state index contributed by atoms with van der Waals surface area (Å²) in [5, 5.41) is 2.44. The summed E-state index contributed by atoms with van der Waals surface area (Å²) in [6, 6.07) is 5.20. The van der Waals surface area contributed by atoms with Gasteiger partial charge in [0, 0.05) is 17.7 Å². The molecule has 1 saturated heterocycles. The summed E-state index contributed by atoms with van der Waals surface area (Å²) in [5.41, 5.74) is 0.982. The van der Waals surface area contributed by atoms with Crippen molar-refractivity contribution in [2.24, 2.45) is 0 Å². The maximum absolute atomic E-state index is 14.0. The van der Waals surface area contributed by atoms with Gasteiger partial charge in [-0.05, 0) is 37.2 Å². The lowest BCUT2D eigenvalue weighted by Gasteiger charge is -2.38. The topological polar surface area (TPSA) is 32.3 Å². The maximum Gasteiger partial charge on any atom is 0.280 e. The SMILES string of the molecule is C#Cc1ccc(C(=O)NC2CCN(CC)CC2(F)F)cc1. The van der Waals surface area contributed by atoms with Gasteiger partial charge < -0.3 is 5.32 Å². The Hall–Kier alpha value is -1.93. The average molecular weight is 292 g/mol. The van der Waals surface area contributed by atoms with E-state index in [4.69, 9.17) is 6.42 Å². The molecule has 0 saturated carbocycles. The third kappa shape index (κ3) is 3.59. The minimum Gasteiger partial charge on any atom is -0.343 e. The molecular weight excluding hydrogens is 274 g/mol. The first-order chi connectivity index (χ1) is 9.96. The van der Waals surface area contributed by atoms with Crippen molar-refractivity contribution in [1.29, 1.82) is 0 Å². The number of piperidine rings is 1. The number of likely N-dealkylation sites (tertiary alicyclic amines) is 1. The lowest BCUT2D eigenvalue weighted by molar-refractivity contribution is -0.0863. The van der Waals surface area contributed by atoms with Gasteiger partial charge in [0.15, 0.2) is 0 Å². The molecule has 3 nitrogen and oxygen atoms in total. The number of nitrogens with one attached hydrogen (secondary N) is 1. The number of nitrogens with zero attached hydrogens (tertiary/aromatic N) is 1. The molecule has 0 radical (unpaired) electrons. The quantitative estimate of drug-likeness (QED) is 0.866. The Labute approximate surface area is 123 Å². The molecule has 0 bridgehead atoms. The van der Waals surface area contributed by atoms with Crippen LogP contribution in [0.15, 0.2) is 24.3 Å². The van der Waals surface area contributed by atoms with Crippen LogP contribution in [0, 0.1) is 12.3 Å². The van der Waals surface area contributed by atoms with E-state index in [2.05, 4.69) is 11.2 Å². The van der Waals surface area contributed by atoms with Crippen LogP contribution < -0.4 is 5.32 Å². The number of amides is 1. The smallest absolute Gasteiger partial charge is 0.280 e. The molecule has 5 heteroatoms. The molecule has 0 aromatic heterocycles. The van der Waals surface area contributed by atoms with E-state index in [9.17, 15) is 13.6 Å². The first-order valence-corrected chi connectivity index (χ1v) is 6.94. The second-order valence-corrected chi connectivity index (χ2v) is 5.17. The number of alkyl halides is 2. The summed E-state index contributed by atoms with van der Waals surface area (Å²) >= 11 is 0. The van der Waals surface area contributed by atoms with Crippen LogP contribution >= 0.6 is 0 Å². The van der Waals surface area contributed by atoms with Crippen molar-refractivity contribution in [2.45, 2.75) is 25.3 Å². The van der Waals surface area contributed by atoms with E-state index in [1.807, 2.05) is 6.92 Å². The van der Waals surface area contributed by atoms with Crippen molar-refractivity contribution in [3.8, 4) is 12.3 Å². The van der Waals surface area contributed by atoms with Crippen molar-refractivity contribution in [2.75, 3.05) is 19.6 Å². The van der Waals surface area contributed by atoms with Crippen molar-refractivity contribution >= 4 is 5.91 Å². The molecule has 1 aromatic carbocycles. The molecule has 1 atom stereocenters. The molecule has 1 aromatic rings. The van der Waals surface area contributed by atoms with Crippen LogP contribution in [0.1, 0.15) is 29.3 Å². The molecule has 112 valence electrons. The molecule has 2 rings (SSSR count). The van der Waals surface area contributed by atoms with Gasteiger partial charge in [-0.15, -0.1) is 6.42 Å². The van der Waals surface area contributed by atoms with Crippen molar-refractivity contribution < 1.29 is 13.6 Å². The van der Waals surface area contributed by atoms with E-state index in [1.165, 1.54) is 0 Å². The molecule has 1 fully saturated rings. The largest absolute Gasteiger partial charge is 0.343 e. The highest BCUT2D eigenvalue weighted by Gasteiger charge is 2.44. The highest BCUT2D eigenvalue weighted by Crippen LogP contribution is 2.27. The van der Waals surface area contributed by atoms with Gasteiger partial charge in [0.2, 0.25) is 0 Å². The van der Waals surface area contributed by atoms with Crippen LogP contribution in [0.3, 0.4) is 0 Å². The molecule has 1 N–H and O–H groups in total. The van der Waals surface area contributed by atoms with Crippen LogP contribution in [0.2, 0.25) is 0 Å². The van der Waals surface area contributed by atoms with Gasteiger partial charge >= 0.3 is 0 Å². The second kappa shape index (κ2) is 6.23. The van der Waals surface area contributed by atoms with Crippen LogP contribution in [0.25, 0.3) is 0 Å². The van der Waals surface area contributed by atoms with Crippen LogP contribution in [-0.4, -0.2) is 42.4 Å². The number of carbonyl (C=O) groups excluding carboxylic acids is 1. The number of halogens is 2. The Bertz CT molecular complexity index is 548. The third-order valence-corrected chi connectivity index (χ3v) is 3.74.